The second kappa shape index (κ2) is 4.94. The Morgan fingerprint density at radius 3 is 2.33 bits per heavy atom. The third kappa shape index (κ3) is 3.18. The summed E-state index contributed by atoms with van der Waals surface area (Å²) in [7, 11) is 0. The quantitative estimate of drug-likeness (QED) is 0.890. The van der Waals surface area contributed by atoms with Crippen LogP contribution in [0.5, 0.6) is 0 Å². The number of halogens is 2. The highest BCUT2D eigenvalue weighted by Crippen LogP contribution is 2.24. The number of rotatable bonds is 4. The Labute approximate surface area is 99.4 Å². The third-order valence-corrected chi connectivity index (χ3v) is 3.02. The first-order chi connectivity index (χ1) is 7.00. The maximum absolute atomic E-state index is 5.86. The molecule has 1 aromatic rings. The van der Waals surface area contributed by atoms with Crippen molar-refractivity contribution in [3.63, 3.8) is 0 Å². The van der Waals surface area contributed by atoms with Gasteiger partial charge in [-0.05, 0) is 31.4 Å². The number of nitrogens with one attached hydrogen (secondary N) is 1. The first-order valence-electron chi connectivity index (χ1n) is 4.84. The second-order valence-corrected chi connectivity index (χ2v) is 4.31. The average Bonchev–Trinajstić information content (AvgIpc) is 2.23. The van der Waals surface area contributed by atoms with Crippen molar-refractivity contribution < 1.29 is 0 Å². The molecular weight excluding hydrogens is 235 g/mol. The van der Waals surface area contributed by atoms with Gasteiger partial charge in [0, 0.05) is 5.54 Å². The van der Waals surface area contributed by atoms with Crippen molar-refractivity contribution in [2.24, 2.45) is 0 Å². The lowest BCUT2D eigenvalue weighted by molar-refractivity contribution is 0.476. The van der Waals surface area contributed by atoms with Crippen LogP contribution in [0.25, 0.3) is 0 Å². The summed E-state index contributed by atoms with van der Waals surface area (Å²) in [6, 6.07) is 0. The van der Waals surface area contributed by atoms with E-state index in [-0.39, 0.29) is 16.0 Å². The van der Waals surface area contributed by atoms with E-state index in [1.807, 2.05) is 0 Å². The van der Waals surface area contributed by atoms with Crippen LogP contribution in [0.3, 0.4) is 0 Å². The van der Waals surface area contributed by atoms with Crippen LogP contribution < -0.4 is 5.32 Å². The zero-order chi connectivity index (χ0) is 11.5. The summed E-state index contributed by atoms with van der Waals surface area (Å²) in [4.78, 5) is 4.00. The number of aromatic nitrogens is 3. The predicted molar refractivity (Wildman–Crippen MR) is 62.5 cm³/mol. The van der Waals surface area contributed by atoms with E-state index in [1.165, 1.54) is 0 Å². The van der Waals surface area contributed by atoms with E-state index < -0.39 is 0 Å². The molecule has 15 heavy (non-hydrogen) atoms. The zero-order valence-electron chi connectivity index (χ0n) is 9.01. The molecule has 0 saturated carbocycles. The van der Waals surface area contributed by atoms with Gasteiger partial charge in [0.25, 0.3) is 0 Å². The molecule has 0 unspecified atom stereocenters. The molecule has 0 radical (unpaired) electrons. The van der Waals surface area contributed by atoms with Crippen LogP contribution in [0.15, 0.2) is 0 Å². The van der Waals surface area contributed by atoms with Gasteiger partial charge in [-0.25, -0.2) is 0 Å². The standard InChI is InChI=1S/C9H14Cl2N4/c1-4-9(3,5-2)13-7-6(10)14-15-8(11)12-7/h4-5H2,1-3H3,(H,12,13,15). The van der Waals surface area contributed by atoms with Crippen LogP contribution in [-0.2, 0) is 0 Å². The molecule has 1 N–H and O–H groups in total. The van der Waals surface area contributed by atoms with Gasteiger partial charge >= 0.3 is 0 Å². The minimum absolute atomic E-state index is 0.0526. The smallest absolute Gasteiger partial charge is 0.245 e. The summed E-state index contributed by atoms with van der Waals surface area (Å²) in [6.07, 6.45) is 1.92. The van der Waals surface area contributed by atoms with Gasteiger partial charge in [0.15, 0.2) is 11.0 Å². The largest absolute Gasteiger partial charge is 0.362 e. The molecule has 1 heterocycles. The van der Waals surface area contributed by atoms with Crippen molar-refractivity contribution in [2.45, 2.75) is 39.2 Å². The van der Waals surface area contributed by atoms with Crippen LogP contribution in [0.1, 0.15) is 33.6 Å². The van der Waals surface area contributed by atoms with Gasteiger partial charge in [-0.2, -0.15) is 4.98 Å². The van der Waals surface area contributed by atoms with E-state index in [9.17, 15) is 0 Å². The summed E-state index contributed by atoms with van der Waals surface area (Å²) < 4.78 is 0. The van der Waals surface area contributed by atoms with Crippen LogP contribution in [0.4, 0.5) is 5.82 Å². The number of nitrogens with zero attached hydrogens (tertiary/aromatic N) is 3. The lowest BCUT2D eigenvalue weighted by Crippen LogP contribution is -2.33. The van der Waals surface area contributed by atoms with Crippen LogP contribution in [-0.4, -0.2) is 20.7 Å². The molecule has 0 saturated heterocycles. The van der Waals surface area contributed by atoms with E-state index in [0.29, 0.717) is 5.82 Å². The highest BCUT2D eigenvalue weighted by molar-refractivity contribution is 6.32. The molecule has 0 aliphatic carbocycles. The van der Waals surface area contributed by atoms with Gasteiger partial charge in [0.1, 0.15) is 0 Å². The maximum atomic E-state index is 5.86. The summed E-state index contributed by atoms with van der Waals surface area (Å²) in [6.45, 7) is 6.29. The van der Waals surface area contributed by atoms with E-state index in [2.05, 4.69) is 41.3 Å². The molecule has 1 rings (SSSR count). The molecule has 0 bridgehead atoms. The van der Waals surface area contributed by atoms with E-state index in [1.54, 1.807) is 0 Å². The number of hydrogen-bond donors (Lipinski definition) is 1. The van der Waals surface area contributed by atoms with E-state index >= 15 is 0 Å². The van der Waals surface area contributed by atoms with Gasteiger partial charge in [0.2, 0.25) is 5.28 Å². The molecular formula is C9H14Cl2N4. The first kappa shape index (κ1) is 12.5. The molecule has 6 heteroatoms. The van der Waals surface area contributed by atoms with Gasteiger partial charge in [-0.15, -0.1) is 10.2 Å². The van der Waals surface area contributed by atoms with Crippen LogP contribution >= 0.6 is 23.2 Å². The van der Waals surface area contributed by atoms with Gasteiger partial charge in [-0.3, -0.25) is 0 Å². The van der Waals surface area contributed by atoms with Crippen molar-refractivity contribution >= 4 is 29.0 Å². The first-order valence-corrected chi connectivity index (χ1v) is 5.60. The summed E-state index contributed by atoms with van der Waals surface area (Å²) in [5.74, 6) is 0.489. The Kier molecular flexibility index (Phi) is 4.11. The lowest BCUT2D eigenvalue weighted by Gasteiger charge is -2.28. The monoisotopic (exact) mass is 248 g/mol. The highest BCUT2D eigenvalue weighted by Gasteiger charge is 2.21. The molecule has 0 atom stereocenters. The molecule has 1 aromatic heterocycles. The van der Waals surface area contributed by atoms with E-state index in [0.717, 1.165) is 12.8 Å². The molecule has 4 nitrogen and oxygen atoms in total. The van der Waals surface area contributed by atoms with Crippen LogP contribution in [0, 0.1) is 0 Å². The predicted octanol–water partition coefficient (Wildman–Crippen LogP) is 3.17. The Hall–Kier alpha value is -0.610. The fourth-order valence-electron chi connectivity index (χ4n) is 1.09. The molecule has 0 aromatic carbocycles. The summed E-state index contributed by atoms with van der Waals surface area (Å²) in [5.41, 5.74) is -0.0526. The zero-order valence-corrected chi connectivity index (χ0v) is 10.5. The van der Waals surface area contributed by atoms with Crippen LogP contribution in [0.2, 0.25) is 10.4 Å². The summed E-state index contributed by atoms with van der Waals surface area (Å²) >= 11 is 11.5. The Balaban J connectivity index is 2.92. The number of anilines is 1. The van der Waals surface area contributed by atoms with Crippen molar-refractivity contribution in [3.05, 3.63) is 10.4 Å². The minimum Gasteiger partial charge on any atom is -0.362 e. The molecule has 84 valence electrons. The SMILES string of the molecule is CCC(C)(CC)Nc1nc(Cl)nnc1Cl. The van der Waals surface area contributed by atoms with Crippen molar-refractivity contribution in [3.8, 4) is 0 Å². The van der Waals surface area contributed by atoms with Gasteiger partial charge < -0.3 is 5.32 Å². The van der Waals surface area contributed by atoms with E-state index in [4.69, 9.17) is 23.2 Å². The molecule has 0 amide bonds. The molecule has 0 aliphatic heterocycles. The topological polar surface area (TPSA) is 50.7 Å². The fourth-order valence-corrected chi connectivity index (χ4v) is 1.34. The van der Waals surface area contributed by atoms with Crippen molar-refractivity contribution in [2.75, 3.05) is 5.32 Å². The van der Waals surface area contributed by atoms with Crippen molar-refractivity contribution in [1.82, 2.24) is 15.2 Å². The second-order valence-electron chi connectivity index (χ2n) is 3.61. The Morgan fingerprint density at radius 2 is 1.80 bits per heavy atom. The average molecular weight is 249 g/mol. The summed E-state index contributed by atoms with van der Waals surface area (Å²) in [5, 5.41) is 10.8. The Bertz CT molecular complexity index is 339. The Morgan fingerprint density at radius 1 is 1.20 bits per heavy atom. The molecule has 0 aliphatic rings. The minimum atomic E-state index is -0.0526. The van der Waals surface area contributed by atoms with Gasteiger partial charge in [-0.1, -0.05) is 25.4 Å². The molecule has 0 spiro atoms. The van der Waals surface area contributed by atoms with Crippen molar-refractivity contribution in [1.29, 1.82) is 0 Å². The fraction of sp³-hybridized carbons (Fsp3) is 0.667. The third-order valence-electron chi connectivity index (χ3n) is 2.60. The normalized spacial score (nSPS) is 11.5. The number of hydrogen-bond acceptors (Lipinski definition) is 4. The highest BCUT2D eigenvalue weighted by atomic mass is 35.5. The maximum Gasteiger partial charge on any atom is 0.245 e. The lowest BCUT2D eigenvalue weighted by atomic mass is 9.96. The van der Waals surface area contributed by atoms with Gasteiger partial charge in [0.05, 0.1) is 0 Å². The molecule has 0 fully saturated rings.